The number of hydrogen-bond donors (Lipinski definition) is 1. The maximum atomic E-state index is 12.5. The molecule has 0 bridgehead atoms. The monoisotopic (exact) mass is 347 g/mol. The summed E-state index contributed by atoms with van der Waals surface area (Å²) in [4.78, 5) is 18.8. The molecule has 0 radical (unpaired) electrons. The molecule has 2 atom stereocenters. The second kappa shape index (κ2) is 6.94. The number of nitrogens with zero attached hydrogens (tertiary/aromatic N) is 2. The summed E-state index contributed by atoms with van der Waals surface area (Å²) >= 11 is 0. The third-order valence-corrected chi connectivity index (χ3v) is 4.90. The largest absolute Gasteiger partial charge is 0.444 e. The summed E-state index contributed by atoms with van der Waals surface area (Å²) < 4.78 is 5.57. The van der Waals surface area contributed by atoms with Gasteiger partial charge in [-0.1, -0.05) is 6.07 Å². The van der Waals surface area contributed by atoms with E-state index in [-0.39, 0.29) is 11.6 Å². The molecule has 1 aliphatic rings. The van der Waals surface area contributed by atoms with Gasteiger partial charge >= 0.3 is 6.09 Å². The van der Waals surface area contributed by atoms with Crippen LogP contribution in [0.3, 0.4) is 0 Å². The fourth-order valence-electron chi connectivity index (χ4n) is 3.55. The standard InChI is InChI=1S/C20H33N3O2/c1-18(2,3)25-17(24)23-14-15(13-19(23,4)5)10-11-20(6,21)16-9-7-8-12-22-16/h7-9,12,15H,10-11,13-14,21H2,1-6H3/t15-,20?/m0/s1. The van der Waals surface area contributed by atoms with E-state index in [4.69, 9.17) is 10.5 Å². The zero-order valence-corrected chi connectivity index (χ0v) is 16.5. The van der Waals surface area contributed by atoms with E-state index in [0.717, 1.165) is 31.5 Å². The van der Waals surface area contributed by atoms with Crippen LogP contribution in [-0.2, 0) is 10.3 Å². The van der Waals surface area contributed by atoms with Gasteiger partial charge in [0.25, 0.3) is 0 Å². The Balaban J connectivity index is 1.97. The van der Waals surface area contributed by atoms with Gasteiger partial charge in [0.1, 0.15) is 5.60 Å². The minimum absolute atomic E-state index is 0.191. The van der Waals surface area contributed by atoms with Crippen LogP contribution in [0.4, 0.5) is 4.79 Å². The predicted molar refractivity (Wildman–Crippen MR) is 100 cm³/mol. The topological polar surface area (TPSA) is 68.5 Å². The zero-order chi connectivity index (χ0) is 18.9. The van der Waals surface area contributed by atoms with Crippen molar-refractivity contribution in [2.45, 2.75) is 77.5 Å². The molecule has 5 nitrogen and oxygen atoms in total. The lowest BCUT2D eigenvalue weighted by Crippen LogP contribution is -2.45. The van der Waals surface area contributed by atoms with E-state index in [1.165, 1.54) is 0 Å². The first-order valence-corrected chi connectivity index (χ1v) is 9.12. The summed E-state index contributed by atoms with van der Waals surface area (Å²) in [6.45, 7) is 12.7. The Morgan fingerprint density at radius 1 is 1.36 bits per heavy atom. The first-order valence-electron chi connectivity index (χ1n) is 9.12. The maximum Gasteiger partial charge on any atom is 0.410 e. The van der Waals surface area contributed by atoms with E-state index in [1.807, 2.05) is 50.8 Å². The number of pyridine rings is 1. The number of ether oxygens (including phenoxy) is 1. The summed E-state index contributed by atoms with van der Waals surface area (Å²) in [5, 5.41) is 0. The van der Waals surface area contributed by atoms with Gasteiger partial charge in [0.05, 0.1) is 11.2 Å². The second-order valence-corrected chi connectivity index (χ2v) is 9.14. The van der Waals surface area contributed by atoms with Crippen LogP contribution in [-0.4, -0.2) is 33.7 Å². The Kier molecular flexibility index (Phi) is 5.47. The fraction of sp³-hybridized carbons (Fsp3) is 0.700. The zero-order valence-electron chi connectivity index (χ0n) is 16.5. The van der Waals surface area contributed by atoms with Crippen LogP contribution in [0.2, 0.25) is 0 Å². The molecule has 1 aromatic rings. The van der Waals surface area contributed by atoms with Crippen LogP contribution in [0, 0.1) is 5.92 Å². The van der Waals surface area contributed by atoms with Crippen molar-refractivity contribution in [3.05, 3.63) is 30.1 Å². The molecule has 2 N–H and O–H groups in total. The molecule has 0 saturated carbocycles. The first-order chi connectivity index (χ1) is 11.4. The minimum Gasteiger partial charge on any atom is -0.444 e. The Morgan fingerprint density at radius 2 is 2.04 bits per heavy atom. The molecular weight excluding hydrogens is 314 g/mol. The molecule has 1 aliphatic heterocycles. The number of aromatic nitrogens is 1. The lowest BCUT2D eigenvalue weighted by Gasteiger charge is -2.33. The van der Waals surface area contributed by atoms with Gasteiger partial charge in [0, 0.05) is 18.3 Å². The molecule has 140 valence electrons. The highest BCUT2D eigenvalue weighted by Gasteiger charge is 2.43. The van der Waals surface area contributed by atoms with E-state index < -0.39 is 11.1 Å². The van der Waals surface area contributed by atoms with Crippen LogP contribution in [0.25, 0.3) is 0 Å². The van der Waals surface area contributed by atoms with Crippen LogP contribution in [0.1, 0.15) is 66.5 Å². The van der Waals surface area contributed by atoms with Crippen molar-refractivity contribution in [2.75, 3.05) is 6.54 Å². The molecule has 1 unspecified atom stereocenters. The van der Waals surface area contributed by atoms with E-state index in [0.29, 0.717) is 5.92 Å². The SMILES string of the molecule is CC(C)(C)OC(=O)N1C[C@@H](CCC(C)(N)c2ccccn2)CC1(C)C. The Bertz CT molecular complexity index is 591. The normalized spacial score (nSPS) is 22.5. The Morgan fingerprint density at radius 3 is 2.60 bits per heavy atom. The summed E-state index contributed by atoms with van der Waals surface area (Å²) in [6.07, 6.45) is 4.33. The van der Waals surface area contributed by atoms with Crippen molar-refractivity contribution in [3.63, 3.8) is 0 Å². The van der Waals surface area contributed by atoms with Gasteiger partial charge in [-0.25, -0.2) is 4.79 Å². The molecule has 2 rings (SSSR count). The molecule has 0 aromatic carbocycles. The highest BCUT2D eigenvalue weighted by atomic mass is 16.6. The lowest BCUT2D eigenvalue weighted by atomic mass is 9.86. The quantitative estimate of drug-likeness (QED) is 0.891. The second-order valence-electron chi connectivity index (χ2n) is 9.14. The van der Waals surface area contributed by atoms with Gasteiger partial charge in [-0.15, -0.1) is 0 Å². The first kappa shape index (κ1) is 19.7. The van der Waals surface area contributed by atoms with Crippen LogP contribution < -0.4 is 5.73 Å². The molecule has 5 heteroatoms. The minimum atomic E-state index is -0.472. The number of carbonyl (C=O) groups is 1. The highest BCUT2D eigenvalue weighted by Crippen LogP contribution is 2.37. The van der Waals surface area contributed by atoms with Crippen molar-refractivity contribution >= 4 is 6.09 Å². The third-order valence-electron chi connectivity index (χ3n) is 4.90. The molecule has 2 heterocycles. The molecule has 1 fully saturated rings. The van der Waals surface area contributed by atoms with Crippen molar-refractivity contribution in [1.82, 2.24) is 9.88 Å². The van der Waals surface area contributed by atoms with Crippen molar-refractivity contribution in [3.8, 4) is 0 Å². The Labute approximate surface area is 151 Å². The Hall–Kier alpha value is -1.62. The number of hydrogen-bond acceptors (Lipinski definition) is 4. The van der Waals surface area contributed by atoms with Gasteiger partial charge in [0.2, 0.25) is 0 Å². The van der Waals surface area contributed by atoms with Gasteiger partial charge in [0.15, 0.2) is 0 Å². The summed E-state index contributed by atoms with van der Waals surface area (Å²) in [5.41, 5.74) is 6.29. The predicted octanol–water partition coefficient (Wildman–Crippen LogP) is 4.07. The molecular formula is C20H33N3O2. The summed E-state index contributed by atoms with van der Waals surface area (Å²) in [6, 6.07) is 5.85. The van der Waals surface area contributed by atoms with E-state index in [1.54, 1.807) is 6.20 Å². The lowest BCUT2D eigenvalue weighted by molar-refractivity contribution is 0.0130. The van der Waals surface area contributed by atoms with Crippen LogP contribution >= 0.6 is 0 Å². The summed E-state index contributed by atoms with van der Waals surface area (Å²) in [7, 11) is 0. The van der Waals surface area contributed by atoms with Gasteiger partial charge in [-0.3, -0.25) is 4.98 Å². The maximum absolute atomic E-state index is 12.5. The van der Waals surface area contributed by atoms with E-state index in [2.05, 4.69) is 18.8 Å². The van der Waals surface area contributed by atoms with Crippen LogP contribution in [0.5, 0.6) is 0 Å². The number of rotatable bonds is 4. The number of likely N-dealkylation sites (tertiary alicyclic amines) is 1. The van der Waals surface area contributed by atoms with E-state index >= 15 is 0 Å². The van der Waals surface area contributed by atoms with Gasteiger partial charge < -0.3 is 15.4 Å². The van der Waals surface area contributed by atoms with Crippen molar-refractivity contribution in [1.29, 1.82) is 0 Å². The smallest absolute Gasteiger partial charge is 0.410 e. The van der Waals surface area contributed by atoms with Crippen molar-refractivity contribution in [2.24, 2.45) is 11.7 Å². The molecule has 1 saturated heterocycles. The fourth-order valence-corrected chi connectivity index (χ4v) is 3.55. The molecule has 0 aliphatic carbocycles. The average molecular weight is 348 g/mol. The van der Waals surface area contributed by atoms with E-state index in [9.17, 15) is 4.79 Å². The highest BCUT2D eigenvalue weighted by molar-refractivity contribution is 5.69. The average Bonchev–Trinajstić information content (AvgIpc) is 2.79. The third kappa shape index (κ3) is 5.18. The van der Waals surface area contributed by atoms with Crippen LogP contribution in [0.15, 0.2) is 24.4 Å². The van der Waals surface area contributed by atoms with Gasteiger partial charge in [-0.05, 0) is 78.9 Å². The number of amides is 1. The number of nitrogens with two attached hydrogens (primary N) is 1. The molecule has 0 spiro atoms. The molecule has 1 aromatic heterocycles. The number of carbonyl (C=O) groups excluding carboxylic acids is 1. The van der Waals surface area contributed by atoms with Crippen molar-refractivity contribution < 1.29 is 9.53 Å². The van der Waals surface area contributed by atoms with Gasteiger partial charge in [-0.2, -0.15) is 0 Å². The molecule has 1 amide bonds. The molecule has 25 heavy (non-hydrogen) atoms. The summed E-state index contributed by atoms with van der Waals surface area (Å²) in [5.74, 6) is 0.425.